The molecule has 1 aliphatic heterocycles. The summed E-state index contributed by atoms with van der Waals surface area (Å²) in [6.07, 6.45) is 8.20. The zero-order chi connectivity index (χ0) is 13.8. The number of carboxylic acid groups (broad SMARTS) is 1. The smallest absolute Gasteiger partial charge is 0.327 e. The van der Waals surface area contributed by atoms with Crippen LogP contribution in [-0.4, -0.2) is 44.8 Å². The molecule has 2 atom stereocenters. The van der Waals surface area contributed by atoms with Crippen LogP contribution in [0.15, 0.2) is 23.8 Å². The van der Waals surface area contributed by atoms with E-state index in [0.717, 1.165) is 18.4 Å². The molecule has 1 fully saturated rings. The van der Waals surface area contributed by atoms with Crippen LogP contribution in [0.1, 0.15) is 19.3 Å². The van der Waals surface area contributed by atoms with Gasteiger partial charge in [-0.2, -0.15) is 12.6 Å². The molecule has 6 heteroatoms. The molecule has 1 aliphatic carbocycles. The van der Waals surface area contributed by atoms with Gasteiger partial charge in [-0.25, -0.2) is 4.79 Å². The van der Waals surface area contributed by atoms with Gasteiger partial charge in [0.05, 0.1) is 0 Å². The lowest BCUT2D eigenvalue weighted by atomic mass is 10.0. The number of allylic oxidation sites excluding steroid dienone is 3. The predicted octanol–water partition coefficient (Wildman–Crippen LogP) is 1.94. The van der Waals surface area contributed by atoms with E-state index in [1.807, 2.05) is 12.2 Å². The van der Waals surface area contributed by atoms with E-state index in [-0.39, 0.29) is 17.7 Å². The Labute approximate surface area is 122 Å². The summed E-state index contributed by atoms with van der Waals surface area (Å²) in [5, 5.41) is 9.13. The van der Waals surface area contributed by atoms with E-state index in [1.165, 1.54) is 4.90 Å². The van der Waals surface area contributed by atoms with Crippen molar-refractivity contribution in [3.8, 4) is 0 Å². The van der Waals surface area contributed by atoms with Crippen molar-refractivity contribution >= 4 is 36.3 Å². The Morgan fingerprint density at radius 1 is 1.53 bits per heavy atom. The standard InChI is InChI=1S/C13H17NO3S2/c15-11(6-7-18)14-10(13(16)17)8-19-12(14)9-4-2-1-3-5-9/h1-2,4,10,12,18H,3,5-8H2,(H,16,17)/t10-,12+/m0/s1. The van der Waals surface area contributed by atoms with Crippen LogP contribution in [0.3, 0.4) is 0 Å². The monoisotopic (exact) mass is 299 g/mol. The Morgan fingerprint density at radius 3 is 2.89 bits per heavy atom. The van der Waals surface area contributed by atoms with Crippen molar-refractivity contribution in [3.05, 3.63) is 23.8 Å². The quantitative estimate of drug-likeness (QED) is 0.779. The normalized spacial score (nSPS) is 26.4. The number of aliphatic carboxylic acids is 1. The molecule has 1 N–H and O–H groups in total. The van der Waals surface area contributed by atoms with E-state index in [2.05, 4.69) is 18.7 Å². The van der Waals surface area contributed by atoms with Crippen LogP contribution in [0.4, 0.5) is 0 Å². The maximum Gasteiger partial charge on any atom is 0.327 e. The summed E-state index contributed by atoms with van der Waals surface area (Å²) in [7, 11) is 0. The number of thiol groups is 1. The second-order valence-electron chi connectivity index (χ2n) is 4.52. The number of carboxylic acids is 1. The third-order valence-corrected chi connectivity index (χ3v) is 4.84. The minimum Gasteiger partial charge on any atom is -0.480 e. The molecular formula is C13H17NO3S2. The summed E-state index contributed by atoms with van der Waals surface area (Å²) in [6.45, 7) is 0. The van der Waals surface area contributed by atoms with Gasteiger partial charge in [0.2, 0.25) is 5.91 Å². The first-order valence-electron chi connectivity index (χ1n) is 6.27. The number of carbonyl (C=O) groups excluding carboxylic acids is 1. The molecule has 19 heavy (non-hydrogen) atoms. The molecule has 0 bridgehead atoms. The molecule has 0 aromatic carbocycles. The third-order valence-electron chi connectivity index (χ3n) is 3.26. The van der Waals surface area contributed by atoms with Crippen LogP contribution in [0, 0.1) is 0 Å². The van der Waals surface area contributed by atoms with Gasteiger partial charge in [0.25, 0.3) is 0 Å². The summed E-state index contributed by atoms with van der Waals surface area (Å²) in [5.74, 6) is -0.139. The van der Waals surface area contributed by atoms with Crippen LogP contribution in [-0.2, 0) is 9.59 Å². The molecule has 1 saturated heterocycles. The topological polar surface area (TPSA) is 57.6 Å². The van der Waals surface area contributed by atoms with Crippen molar-refractivity contribution in [2.24, 2.45) is 0 Å². The van der Waals surface area contributed by atoms with E-state index in [4.69, 9.17) is 0 Å². The van der Waals surface area contributed by atoms with Crippen LogP contribution < -0.4 is 0 Å². The molecule has 0 unspecified atom stereocenters. The highest BCUT2D eigenvalue weighted by Crippen LogP contribution is 2.37. The van der Waals surface area contributed by atoms with Gasteiger partial charge in [0.15, 0.2) is 0 Å². The van der Waals surface area contributed by atoms with Gasteiger partial charge in [-0.3, -0.25) is 4.79 Å². The molecule has 0 aromatic rings. The van der Waals surface area contributed by atoms with Crippen molar-refractivity contribution in [2.45, 2.75) is 30.7 Å². The molecule has 0 saturated carbocycles. The summed E-state index contributed by atoms with van der Waals surface area (Å²) in [6, 6.07) is -0.714. The van der Waals surface area contributed by atoms with Gasteiger partial charge >= 0.3 is 5.97 Å². The van der Waals surface area contributed by atoms with Crippen LogP contribution in [0.5, 0.6) is 0 Å². The van der Waals surface area contributed by atoms with Gasteiger partial charge in [0.1, 0.15) is 11.4 Å². The number of amides is 1. The molecule has 2 aliphatic rings. The maximum absolute atomic E-state index is 12.2. The zero-order valence-corrected chi connectivity index (χ0v) is 12.2. The van der Waals surface area contributed by atoms with Gasteiger partial charge in [-0.15, -0.1) is 11.8 Å². The second-order valence-corrected chi connectivity index (χ2v) is 6.08. The highest BCUT2D eigenvalue weighted by Gasteiger charge is 2.42. The maximum atomic E-state index is 12.2. The minimum absolute atomic E-state index is 0.118. The highest BCUT2D eigenvalue weighted by atomic mass is 32.2. The van der Waals surface area contributed by atoms with E-state index < -0.39 is 12.0 Å². The first-order chi connectivity index (χ1) is 9.15. The number of hydrogen-bond donors (Lipinski definition) is 2. The number of thioether (sulfide) groups is 1. The Balaban J connectivity index is 2.22. The van der Waals surface area contributed by atoms with Crippen LogP contribution in [0.2, 0.25) is 0 Å². The van der Waals surface area contributed by atoms with Crippen molar-refractivity contribution in [1.29, 1.82) is 0 Å². The molecule has 104 valence electrons. The first kappa shape index (κ1) is 14.5. The fraction of sp³-hybridized carbons (Fsp3) is 0.538. The van der Waals surface area contributed by atoms with Gasteiger partial charge < -0.3 is 10.0 Å². The average molecular weight is 299 g/mol. The molecule has 2 rings (SSSR count). The number of rotatable bonds is 4. The van der Waals surface area contributed by atoms with Crippen molar-refractivity contribution in [2.75, 3.05) is 11.5 Å². The molecule has 1 amide bonds. The Kier molecular flexibility index (Phi) is 4.99. The van der Waals surface area contributed by atoms with Crippen molar-refractivity contribution in [3.63, 3.8) is 0 Å². The molecule has 1 heterocycles. The van der Waals surface area contributed by atoms with E-state index in [0.29, 0.717) is 11.5 Å². The molecule has 0 aromatic heterocycles. The highest BCUT2D eigenvalue weighted by molar-refractivity contribution is 8.00. The summed E-state index contributed by atoms with van der Waals surface area (Å²) >= 11 is 5.61. The largest absolute Gasteiger partial charge is 0.480 e. The number of nitrogens with zero attached hydrogens (tertiary/aromatic N) is 1. The van der Waals surface area contributed by atoms with Crippen molar-refractivity contribution < 1.29 is 14.7 Å². The second kappa shape index (κ2) is 6.52. The first-order valence-corrected chi connectivity index (χ1v) is 7.95. The number of hydrogen-bond acceptors (Lipinski definition) is 4. The average Bonchev–Trinajstić information content (AvgIpc) is 2.85. The van der Waals surface area contributed by atoms with Crippen molar-refractivity contribution in [1.82, 2.24) is 4.90 Å². The summed E-state index contributed by atoms with van der Waals surface area (Å²) in [5.41, 5.74) is 1.14. The van der Waals surface area contributed by atoms with Crippen LogP contribution >= 0.6 is 24.4 Å². The van der Waals surface area contributed by atoms with Gasteiger partial charge in [0, 0.05) is 12.2 Å². The fourth-order valence-electron chi connectivity index (χ4n) is 2.34. The third kappa shape index (κ3) is 3.17. The van der Waals surface area contributed by atoms with Gasteiger partial charge in [-0.05, 0) is 24.2 Å². The Hall–Kier alpha value is -0.880. The Bertz CT molecular complexity index is 434. The molecule has 0 radical (unpaired) electrons. The zero-order valence-electron chi connectivity index (χ0n) is 10.5. The lowest BCUT2D eigenvalue weighted by Gasteiger charge is -2.29. The van der Waals surface area contributed by atoms with Gasteiger partial charge in [-0.1, -0.05) is 18.2 Å². The summed E-state index contributed by atoms with van der Waals surface area (Å²) in [4.78, 5) is 25.0. The Morgan fingerprint density at radius 2 is 2.32 bits per heavy atom. The molecule has 0 spiro atoms. The SMILES string of the molecule is O=C(O)[C@@H]1CS[C@H](C2=CC=CCC2)N1C(=O)CCS. The fourth-order valence-corrected chi connectivity index (χ4v) is 4.03. The molecule has 4 nitrogen and oxygen atoms in total. The van der Waals surface area contributed by atoms with Crippen LogP contribution in [0.25, 0.3) is 0 Å². The lowest BCUT2D eigenvalue weighted by molar-refractivity contribution is -0.148. The van der Waals surface area contributed by atoms with E-state index in [1.54, 1.807) is 11.8 Å². The number of carbonyl (C=O) groups is 2. The predicted molar refractivity (Wildman–Crippen MR) is 79.4 cm³/mol. The molecular weight excluding hydrogens is 282 g/mol. The van der Waals surface area contributed by atoms with E-state index >= 15 is 0 Å². The summed E-state index contributed by atoms with van der Waals surface area (Å²) < 4.78 is 0. The van der Waals surface area contributed by atoms with E-state index in [9.17, 15) is 14.7 Å². The lowest BCUT2D eigenvalue weighted by Crippen LogP contribution is -2.46. The minimum atomic E-state index is -0.922.